The molecule has 0 bridgehead atoms. The van der Waals surface area contributed by atoms with Gasteiger partial charge in [0.2, 0.25) is 0 Å². The van der Waals surface area contributed by atoms with Crippen LogP contribution in [0.3, 0.4) is 0 Å². The van der Waals surface area contributed by atoms with Gasteiger partial charge in [-0.15, -0.1) is 0 Å². The molecule has 2 N–H and O–H groups in total. The Kier molecular flexibility index (Phi) is 2.66. The average Bonchev–Trinajstić information content (AvgIpc) is 2.30. The van der Waals surface area contributed by atoms with Crippen molar-refractivity contribution in [1.82, 2.24) is 14.9 Å². The quantitative estimate of drug-likeness (QED) is 0.684. The molecule has 6 heteroatoms. The van der Waals surface area contributed by atoms with Crippen molar-refractivity contribution in [3.05, 3.63) is 18.6 Å². The normalized spacial score (nSPS) is 16.5. The number of piperazine rings is 1. The first kappa shape index (κ1) is 9.70. The molecular formula is C9H13N5O. The van der Waals surface area contributed by atoms with Crippen molar-refractivity contribution in [2.45, 2.75) is 0 Å². The van der Waals surface area contributed by atoms with Crippen molar-refractivity contribution in [2.75, 3.05) is 31.1 Å². The number of carbonyl (C=O) groups is 1. The Morgan fingerprint density at radius 3 is 2.53 bits per heavy atom. The Morgan fingerprint density at radius 1 is 1.27 bits per heavy atom. The number of rotatable bonds is 1. The lowest BCUT2D eigenvalue weighted by atomic mass is 10.3. The first-order valence-corrected chi connectivity index (χ1v) is 4.83. The van der Waals surface area contributed by atoms with E-state index >= 15 is 0 Å². The van der Waals surface area contributed by atoms with E-state index in [4.69, 9.17) is 5.73 Å². The highest BCUT2D eigenvalue weighted by Gasteiger charge is 2.19. The number of hydrogen-bond donors (Lipinski definition) is 1. The summed E-state index contributed by atoms with van der Waals surface area (Å²) in [6.07, 6.45) is 5.03. The van der Waals surface area contributed by atoms with Gasteiger partial charge in [-0.3, -0.25) is 4.98 Å². The number of carbonyl (C=O) groups excluding carboxylic acids is 1. The van der Waals surface area contributed by atoms with Gasteiger partial charge in [0.15, 0.2) is 0 Å². The lowest BCUT2D eigenvalue weighted by molar-refractivity contribution is 0.204. The zero-order valence-corrected chi connectivity index (χ0v) is 8.33. The van der Waals surface area contributed by atoms with Gasteiger partial charge in [-0.1, -0.05) is 0 Å². The van der Waals surface area contributed by atoms with Crippen LogP contribution in [0, 0.1) is 0 Å². The standard InChI is InChI=1S/C9H13N5O/c10-9(15)14-5-3-13(4-6-14)8-7-11-1-2-12-8/h1-2,7H,3-6H2,(H2,10,15). The molecule has 0 saturated carbocycles. The molecule has 0 aromatic carbocycles. The third kappa shape index (κ3) is 2.15. The molecule has 1 fully saturated rings. The molecule has 1 aromatic heterocycles. The number of aromatic nitrogens is 2. The molecule has 1 saturated heterocycles. The van der Waals surface area contributed by atoms with Gasteiger partial charge >= 0.3 is 6.03 Å². The van der Waals surface area contributed by atoms with E-state index < -0.39 is 0 Å². The number of amides is 2. The van der Waals surface area contributed by atoms with E-state index in [0.29, 0.717) is 13.1 Å². The number of hydrogen-bond acceptors (Lipinski definition) is 4. The van der Waals surface area contributed by atoms with Gasteiger partial charge < -0.3 is 15.5 Å². The molecule has 0 aliphatic carbocycles. The summed E-state index contributed by atoms with van der Waals surface area (Å²) in [5.74, 6) is 0.849. The molecule has 0 spiro atoms. The number of nitrogens with two attached hydrogens (primary N) is 1. The van der Waals surface area contributed by atoms with Crippen LogP contribution < -0.4 is 10.6 Å². The number of nitrogens with zero attached hydrogens (tertiary/aromatic N) is 4. The Bertz CT molecular complexity index is 334. The Labute approximate surface area is 87.7 Å². The summed E-state index contributed by atoms with van der Waals surface area (Å²) in [7, 11) is 0. The predicted octanol–water partition coefficient (Wildman–Crippen LogP) is -0.323. The minimum Gasteiger partial charge on any atom is -0.352 e. The largest absolute Gasteiger partial charge is 0.352 e. The lowest BCUT2D eigenvalue weighted by Crippen LogP contribution is -2.50. The van der Waals surface area contributed by atoms with Crippen molar-refractivity contribution in [3.63, 3.8) is 0 Å². The van der Waals surface area contributed by atoms with E-state index in [1.807, 2.05) is 0 Å². The molecule has 1 aliphatic rings. The molecule has 15 heavy (non-hydrogen) atoms. The highest BCUT2D eigenvalue weighted by molar-refractivity contribution is 5.72. The monoisotopic (exact) mass is 207 g/mol. The summed E-state index contributed by atoms with van der Waals surface area (Å²) < 4.78 is 0. The van der Waals surface area contributed by atoms with Crippen LogP contribution in [-0.4, -0.2) is 47.1 Å². The van der Waals surface area contributed by atoms with Crippen molar-refractivity contribution in [1.29, 1.82) is 0 Å². The number of primary amides is 1. The van der Waals surface area contributed by atoms with Crippen LogP contribution in [0.25, 0.3) is 0 Å². The predicted molar refractivity (Wildman–Crippen MR) is 55.4 cm³/mol. The maximum absolute atomic E-state index is 10.9. The summed E-state index contributed by atoms with van der Waals surface area (Å²) in [6.45, 7) is 2.79. The smallest absolute Gasteiger partial charge is 0.314 e. The fourth-order valence-electron chi connectivity index (χ4n) is 1.61. The summed E-state index contributed by atoms with van der Waals surface area (Å²) in [5.41, 5.74) is 5.19. The van der Waals surface area contributed by atoms with Gasteiger partial charge in [-0.2, -0.15) is 0 Å². The molecule has 2 heterocycles. The van der Waals surface area contributed by atoms with E-state index in [1.165, 1.54) is 0 Å². The zero-order valence-electron chi connectivity index (χ0n) is 8.33. The van der Waals surface area contributed by atoms with Crippen LogP contribution in [0.15, 0.2) is 18.6 Å². The summed E-state index contributed by atoms with van der Waals surface area (Å²) >= 11 is 0. The summed E-state index contributed by atoms with van der Waals surface area (Å²) in [6, 6.07) is -0.353. The number of urea groups is 1. The van der Waals surface area contributed by atoms with Gasteiger partial charge in [0, 0.05) is 38.6 Å². The molecule has 0 unspecified atom stereocenters. The minimum absolute atomic E-state index is 0.353. The fourth-order valence-corrected chi connectivity index (χ4v) is 1.61. The summed E-state index contributed by atoms with van der Waals surface area (Å²) in [4.78, 5) is 22.8. The molecule has 80 valence electrons. The molecule has 6 nitrogen and oxygen atoms in total. The average molecular weight is 207 g/mol. The number of anilines is 1. The highest BCUT2D eigenvalue weighted by atomic mass is 16.2. The maximum atomic E-state index is 10.9. The van der Waals surface area contributed by atoms with E-state index in [2.05, 4.69) is 14.9 Å². The maximum Gasteiger partial charge on any atom is 0.314 e. The topological polar surface area (TPSA) is 75.4 Å². The second-order valence-electron chi connectivity index (χ2n) is 3.38. The van der Waals surface area contributed by atoms with Crippen molar-refractivity contribution < 1.29 is 4.79 Å². The molecular weight excluding hydrogens is 194 g/mol. The molecule has 0 atom stereocenters. The Hall–Kier alpha value is -1.85. The van der Waals surface area contributed by atoms with Crippen LogP contribution in [0.4, 0.5) is 10.6 Å². The van der Waals surface area contributed by atoms with Gasteiger partial charge in [0.1, 0.15) is 5.82 Å². The first-order chi connectivity index (χ1) is 7.27. The van der Waals surface area contributed by atoms with Gasteiger partial charge in [-0.25, -0.2) is 9.78 Å². The first-order valence-electron chi connectivity index (χ1n) is 4.83. The molecule has 1 aromatic rings. The van der Waals surface area contributed by atoms with Crippen LogP contribution >= 0.6 is 0 Å². The van der Waals surface area contributed by atoms with Crippen LogP contribution in [0.2, 0.25) is 0 Å². The van der Waals surface area contributed by atoms with E-state index in [9.17, 15) is 4.79 Å². The third-order valence-electron chi connectivity index (χ3n) is 2.46. The van der Waals surface area contributed by atoms with Gasteiger partial charge in [0.25, 0.3) is 0 Å². The van der Waals surface area contributed by atoms with E-state index in [1.54, 1.807) is 23.5 Å². The van der Waals surface area contributed by atoms with Crippen molar-refractivity contribution in [2.24, 2.45) is 5.73 Å². The van der Waals surface area contributed by atoms with E-state index in [-0.39, 0.29) is 6.03 Å². The Balaban J connectivity index is 1.97. The van der Waals surface area contributed by atoms with Crippen molar-refractivity contribution >= 4 is 11.8 Å². The lowest BCUT2D eigenvalue weighted by Gasteiger charge is -2.34. The molecule has 1 aliphatic heterocycles. The molecule has 0 radical (unpaired) electrons. The molecule has 2 amide bonds. The van der Waals surface area contributed by atoms with Gasteiger partial charge in [-0.05, 0) is 0 Å². The third-order valence-corrected chi connectivity index (χ3v) is 2.46. The SMILES string of the molecule is NC(=O)N1CCN(c2cnccn2)CC1. The molecule has 2 rings (SSSR count). The zero-order chi connectivity index (χ0) is 10.7. The minimum atomic E-state index is -0.353. The van der Waals surface area contributed by atoms with Crippen LogP contribution in [0.1, 0.15) is 0 Å². The van der Waals surface area contributed by atoms with Gasteiger partial charge in [0.05, 0.1) is 6.20 Å². The Morgan fingerprint density at radius 2 is 2.00 bits per heavy atom. The fraction of sp³-hybridized carbons (Fsp3) is 0.444. The second-order valence-corrected chi connectivity index (χ2v) is 3.38. The van der Waals surface area contributed by atoms with Crippen molar-refractivity contribution in [3.8, 4) is 0 Å². The highest BCUT2D eigenvalue weighted by Crippen LogP contribution is 2.10. The van der Waals surface area contributed by atoms with Crippen LogP contribution in [-0.2, 0) is 0 Å². The summed E-state index contributed by atoms with van der Waals surface area (Å²) in [5, 5.41) is 0. The van der Waals surface area contributed by atoms with E-state index in [0.717, 1.165) is 18.9 Å². The second kappa shape index (κ2) is 4.12. The van der Waals surface area contributed by atoms with Crippen LogP contribution in [0.5, 0.6) is 0 Å².